The maximum atomic E-state index is 12.1. The highest BCUT2D eigenvalue weighted by Crippen LogP contribution is 2.15. The number of pyridine rings is 1. The second-order valence-corrected chi connectivity index (χ2v) is 6.07. The summed E-state index contributed by atoms with van der Waals surface area (Å²) in [5.74, 6) is 0.751. The van der Waals surface area contributed by atoms with Crippen molar-refractivity contribution in [3.63, 3.8) is 0 Å². The van der Waals surface area contributed by atoms with Crippen molar-refractivity contribution in [2.45, 2.75) is 25.6 Å². The van der Waals surface area contributed by atoms with Gasteiger partial charge in [-0.25, -0.2) is 0 Å². The van der Waals surface area contributed by atoms with E-state index in [0.717, 1.165) is 17.0 Å². The van der Waals surface area contributed by atoms with Crippen LogP contribution in [-0.2, 0) is 11.4 Å². The minimum atomic E-state index is -0.272. The summed E-state index contributed by atoms with van der Waals surface area (Å²) in [5, 5.41) is 9.49. The zero-order valence-electron chi connectivity index (χ0n) is 14.0. The van der Waals surface area contributed by atoms with E-state index < -0.39 is 0 Å². The van der Waals surface area contributed by atoms with E-state index in [2.05, 4.69) is 4.98 Å². The van der Waals surface area contributed by atoms with Gasteiger partial charge in [0, 0.05) is 25.4 Å². The Morgan fingerprint density at radius 1 is 1.20 bits per heavy atom. The van der Waals surface area contributed by atoms with Gasteiger partial charge in [0.2, 0.25) is 5.91 Å². The van der Waals surface area contributed by atoms with Gasteiger partial charge in [0.25, 0.3) is 0 Å². The van der Waals surface area contributed by atoms with Crippen molar-refractivity contribution >= 4 is 12.0 Å². The van der Waals surface area contributed by atoms with Crippen LogP contribution in [0.5, 0.6) is 5.75 Å². The lowest BCUT2D eigenvalue weighted by Crippen LogP contribution is -2.39. The number of aliphatic hydroxyl groups excluding tert-OH is 1. The van der Waals surface area contributed by atoms with Crippen LogP contribution in [0.1, 0.15) is 24.1 Å². The van der Waals surface area contributed by atoms with Crippen LogP contribution in [-0.4, -0.2) is 40.1 Å². The zero-order valence-corrected chi connectivity index (χ0v) is 14.0. The third kappa shape index (κ3) is 5.16. The minimum absolute atomic E-state index is 0.0117. The molecule has 2 aromatic rings. The first-order valence-electron chi connectivity index (χ1n) is 8.48. The maximum absolute atomic E-state index is 12.1. The van der Waals surface area contributed by atoms with Crippen LogP contribution in [0.15, 0.2) is 54.7 Å². The highest BCUT2D eigenvalue weighted by molar-refractivity contribution is 5.91. The van der Waals surface area contributed by atoms with Gasteiger partial charge in [-0.05, 0) is 48.7 Å². The Hall–Kier alpha value is -2.66. The molecule has 1 aliphatic heterocycles. The van der Waals surface area contributed by atoms with Crippen molar-refractivity contribution < 1.29 is 14.6 Å². The van der Waals surface area contributed by atoms with E-state index in [1.807, 2.05) is 42.5 Å². The number of nitrogens with zero attached hydrogens (tertiary/aromatic N) is 2. The third-order valence-corrected chi connectivity index (χ3v) is 4.19. The van der Waals surface area contributed by atoms with Gasteiger partial charge in [0.15, 0.2) is 0 Å². The summed E-state index contributed by atoms with van der Waals surface area (Å²) >= 11 is 0. The van der Waals surface area contributed by atoms with Crippen molar-refractivity contribution in [2.24, 2.45) is 0 Å². The normalized spacial score (nSPS) is 15.5. The van der Waals surface area contributed by atoms with Gasteiger partial charge in [-0.15, -0.1) is 0 Å². The Balaban J connectivity index is 1.51. The van der Waals surface area contributed by atoms with E-state index >= 15 is 0 Å². The first-order chi connectivity index (χ1) is 12.2. The van der Waals surface area contributed by atoms with E-state index in [0.29, 0.717) is 32.5 Å². The van der Waals surface area contributed by atoms with Crippen LogP contribution in [0, 0.1) is 0 Å². The monoisotopic (exact) mass is 338 g/mol. The number of piperidine rings is 1. The molecule has 1 N–H and O–H groups in total. The molecular weight excluding hydrogens is 316 g/mol. The number of hydrogen-bond donors (Lipinski definition) is 1. The minimum Gasteiger partial charge on any atom is -0.487 e. The highest BCUT2D eigenvalue weighted by atomic mass is 16.5. The van der Waals surface area contributed by atoms with Crippen molar-refractivity contribution in [1.29, 1.82) is 0 Å². The van der Waals surface area contributed by atoms with Crippen molar-refractivity contribution in [2.75, 3.05) is 13.1 Å². The third-order valence-electron chi connectivity index (χ3n) is 4.19. The SMILES string of the molecule is O=C(C=Cc1ccc(OCc2ccccn2)cc1)N1CCC(O)CC1. The Labute approximate surface area is 147 Å². The van der Waals surface area contributed by atoms with Crippen LogP contribution in [0.25, 0.3) is 6.08 Å². The summed E-state index contributed by atoms with van der Waals surface area (Å²) in [4.78, 5) is 18.1. The molecule has 1 amide bonds. The smallest absolute Gasteiger partial charge is 0.246 e. The Morgan fingerprint density at radius 2 is 1.96 bits per heavy atom. The first kappa shape index (κ1) is 17.2. The Bertz CT molecular complexity index is 705. The van der Waals surface area contributed by atoms with Crippen molar-refractivity contribution in [3.05, 3.63) is 66.0 Å². The number of rotatable bonds is 5. The van der Waals surface area contributed by atoms with Gasteiger partial charge >= 0.3 is 0 Å². The van der Waals surface area contributed by atoms with E-state index in [9.17, 15) is 9.90 Å². The number of likely N-dealkylation sites (tertiary alicyclic amines) is 1. The summed E-state index contributed by atoms with van der Waals surface area (Å²) in [6.07, 6.45) is 6.17. The number of hydrogen-bond acceptors (Lipinski definition) is 4. The van der Waals surface area contributed by atoms with Gasteiger partial charge in [-0.3, -0.25) is 9.78 Å². The molecule has 1 saturated heterocycles. The van der Waals surface area contributed by atoms with E-state index in [4.69, 9.17) is 4.74 Å². The second kappa shape index (κ2) is 8.44. The predicted octanol–water partition coefficient (Wildman–Crippen LogP) is 2.66. The number of carbonyl (C=O) groups is 1. The predicted molar refractivity (Wildman–Crippen MR) is 95.9 cm³/mol. The van der Waals surface area contributed by atoms with Crippen LogP contribution in [0.2, 0.25) is 0 Å². The van der Waals surface area contributed by atoms with Crippen molar-refractivity contribution in [1.82, 2.24) is 9.88 Å². The molecule has 0 radical (unpaired) electrons. The number of aliphatic hydroxyl groups is 1. The fraction of sp³-hybridized carbons (Fsp3) is 0.300. The number of ether oxygens (including phenoxy) is 1. The fourth-order valence-electron chi connectivity index (χ4n) is 2.68. The summed E-state index contributed by atoms with van der Waals surface area (Å²) in [7, 11) is 0. The molecule has 1 aliphatic rings. The van der Waals surface area contributed by atoms with Gasteiger partial charge in [0.05, 0.1) is 11.8 Å². The molecule has 5 heteroatoms. The first-order valence-corrected chi connectivity index (χ1v) is 8.48. The van der Waals surface area contributed by atoms with Gasteiger partial charge in [-0.1, -0.05) is 18.2 Å². The van der Waals surface area contributed by atoms with Crippen LogP contribution in [0.3, 0.4) is 0 Å². The summed E-state index contributed by atoms with van der Waals surface area (Å²) in [5.41, 5.74) is 1.82. The molecule has 2 heterocycles. The summed E-state index contributed by atoms with van der Waals surface area (Å²) < 4.78 is 5.69. The molecule has 0 aliphatic carbocycles. The van der Waals surface area contributed by atoms with Crippen molar-refractivity contribution in [3.8, 4) is 5.75 Å². The molecule has 0 saturated carbocycles. The van der Waals surface area contributed by atoms with Crippen LogP contribution >= 0.6 is 0 Å². The number of carbonyl (C=O) groups excluding carboxylic acids is 1. The molecule has 0 atom stereocenters. The Kier molecular flexibility index (Phi) is 5.80. The Morgan fingerprint density at radius 3 is 2.64 bits per heavy atom. The lowest BCUT2D eigenvalue weighted by Gasteiger charge is -2.28. The average molecular weight is 338 g/mol. The molecular formula is C20H22N2O3. The summed E-state index contributed by atoms with van der Waals surface area (Å²) in [6.45, 7) is 1.66. The molecule has 5 nitrogen and oxygen atoms in total. The van der Waals surface area contributed by atoms with E-state index in [1.54, 1.807) is 23.2 Å². The lowest BCUT2D eigenvalue weighted by atomic mass is 10.1. The average Bonchev–Trinajstić information content (AvgIpc) is 2.67. The molecule has 1 fully saturated rings. The summed E-state index contributed by atoms with van der Waals surface area (Å²) in [6, 6.07) is 13.3. The van der Waals surface area contributed by atoms with Crippen LogP contribution < -0.4 is 4.74 Å². The lowest BCUT2D eigenvalue weighted by molar-refractivity contribution is -0.127. The number of benzene rings is 1. The molecule has 0 unspecified atom stereocenters. The maximum Gasteiger partial charge on any atom is 0.246 e. The molecule has 1 aromatic heterocycles. The molecule has 3 rings (SSSR count). The molecule has 130 valence electrons. The second-order valence-electron chi connectivity index (χ2n) is 6.07. The number of aromatic nitrogens is 1. The standard InChI is InChI=1S/C20H22N2O3/c23-18-10-13-22(14-11-18)20(24)9-6-16-4-7-19(8-5-16)25-15-17-3-1-2-12-21-17/h1-9,12,18,23H,10-11,13-15H2. The molecule has 0 bridgehead atoms. The van der Waals surface area contributed by atoms with Gasteiger partial charge < -0.3 is 14.7 Å². The van der Waals surface area contributed by atoms with E-state index in [-0.39, 0.29) is 12.0 Å². The van der Waals surface area contributed by atoms with E-state index in [1.165, 1.54) is 0 Å². The highest BCUT2D eigenvalue weighted by Gasteiger charge is 2.19. The molecule has 25 heavy (non-hydrogen) atoms. The molecule has 0 spiro atoms. The number of amides is 1. The fourth-order valence-corrected chi connectivity index (χ4v) is 2.68. The van der Waals surface area contributed by atoms with Gasteiger partial charge in [-0.2, -0.15) is 0 Å². The van der Waals surface area contributed by atoms with Gasteiger partial charge in [0.1, 0.15) is 12.4 Å². The largest absolute Gasteiger partial charge is 0.487 e. The zero-order chi connectivity index (χ0) is 17.5. The van der Waals surface area contributed by atoms with Crippen LogP contribution in [0.4, 0.5) is 0 Å². The quantitative estimate of drug-likeness (QED) is 0.852. The topological polar surface area (TPSA) is 62.7 Å². The molecule has 1 aromatic carbocycles.